The first-order valence-corrected chi connectivity index (χ1v) is 11.6. The van der Waals surface area contributed by atoms with E-state index >= 15 is 0 Å². The first-order valence-electron chi connectivity index (χ1n) is 8.71. The van der Waals surface area contributed by atoms with Gasteiger partial charge in [0.1, 0.15) is 18.3 Å². The highest BCUT2D eigenvalue weighted by Crippen LogP contribution is 2.39. The molecule has 0 saturated carbocycles. The van der Waals surface area contributed by atoms with Crippen LogP contribution in [-0.4, -0.2) is 62.2 Å². The van der Waals surface area contributed by atoms with Crippen LogP contribution in [0.25, 0.3) is 10.4 Å². The lowest BCUT2D eigenvalue weighted by Gasteiger charge is -2.39. The molecule has 0 bridgehead atoms. The van der Waals surface area contributed by atoms with Crippen LogP contribution in [0, 0.1) is 0 Å². The molecule has 5 atom stereocenters. The van der Waals surface area contributed by atoms with Crippen LogP contribution in [0.4, 0.5) is 0 Å². The SMILES string of the molecule is CC1(C)O[C@@H]2[C@H](O1)[C@H](N=[N+]=[N-])C(=O)O[C@@H]2[C@@H](O)CO[Si](C)(C)C(C)(C)C. The third kappa shape index (κ3) is 4.21. The van der Waals surface area contributed by atoms with E-state index in [0.29, 0.717) is 0 Å². The molecule has 2 aliphatic rings. The summed E-state index contributed by atoms with van der Waals surface area (Å²) in [6.07, 6.45) is -3.58. The predicted molar refractivity (Wildman–Crippen MR) is 95.8 cm³/mol. The number of cyclic esters (lactones) is 1. The fraction of sp³-hybridized carbons (Fsp3) is 0.938. The number of nitrogens with zero attached hydrogens (tertiary/aromatic N) is 3. The number of ether oxygens (including phenoxy) is 3. The summed E-state index contributed by atoms with van der Waals surface area (Å²) < 4.78 is 22.9. The van der Waals surface area contributed by atoms with Crippen molar-refractivity contribution in [3.8, 4) is 0 Å². The molecule has 2 heterocycles. The Hall–Kier alpha value is -1.16. The Morgan fingerprint density at radius 1 is 1.35 bits per heavy atom. The van der Waals surface area contributed by atoms with Gasteiger partial charge in [0.2, 0.25) is 0 Å². The van der Waals surface area contributed by atoms with Crippen LogP contribution in [0.2, 0.25) is 18.1 Å². The van der Waals surface area contributed by atoms with Gasteiger partial charge in [0, 0.05) is 4.91 Å². The second kappa shape index (κ2) is 7.10. The summed E-state index contributed by atoms with van der Waals surface area (Å²) >= 11 is 0. The number of rotatable bonds is 5. The van der Waals surface area contributed by atoms with Gasteiger partial charge in [-0.3, -0.25) is 4.79 Å². The second-order valence-corrected chi connectivity index (χ2v) is 13.6. The molecule has 0 radical (unpaired) electrons. The quantitative estimate of drug-likeness (QED) is 0.254. The topological polar surface area (TPSA) is 123 Å². The maximum atomic E-state index is 12.2. The van der Waals surface area contributed by atoms with Gasteiger partial charge < -0.3 is 23.7 Å². The molecule has 0 amide bonds. The highest BCUT2D eigenvalue weighted by atomic mass is 28.4. The third-order valence-electron chi connectivity index (χ3n) is 5.27. The van der Waals surface area contributed by atoms with E-state index in [1.807, 2.05) is 0 Å². The Labute approximate surface area is 154 Å². The van der Waals surface area contributed by atoms with Crippen molar-refractivity contribution in [3.63, 3.8) is 0 Å². The molecule has 10 heteroatoms. The number of aliphatic hydroxyl groups is 1. The highest BCUT2D eigenvalue weighted by molar-refractivity contribution is 6.74. The molecule has 2 saturated heterocycles. The van der Waals surface area contributed by atoms with Crippen molar-refractivity contribution in [1.82, 2.24) is 0 Å². The number of esters is 1. The first-order chi connectivity index (χ1) is 11.8. The lowest BCUT2D eigenvalue weighted by molar-refractivity contribution is -0.187. The standard InChI is InChI=1S/C16H29N3O6Si/c1-15(2,3)26(6,7)22-8-9(20)11-13-12(24-16(4,5)25-13)10(18-19-17)14(21)23-11/h9-13,20H,8H2,1-7H3/t9-,10-,11+,12+,13-/m0/s1. The second-order valence-electron chi connectivity index (χ2n) is 8.75. The van der Waals surface area contributed by atoms with E-state index in [1.165, 1.54) is 0 Å². The molecule has 0 unspecified atom stereocenters. The van der Waals surface area contributed by atoms with E-state index in [1.54, 1.807) is 13.8 Å². The van der Waals surface area contributed by atoms with E-state index in [2.05, 4.69) is 43.9 Å². The summed E-state index contributed by atoms with van der Waals surface area (Å²) in [7, 11) is -2.08. The largest absolute Gasteiger partial charge is 0.456 e. The van der Waals surface area contributed by atoms with Gasteiger partial charge in [-0.25, -0.2) is 0 Å². The zero-order chi connectivity index (χ0) is 19.9. The van der Waals surface area contributed by atoms with Crippen molar-refractivity contribution in [2.24, 2.45) is 5.11 Å². The minimum absolute atomic E-state index is 0.0138. The molecule has 26 heavy (non-hydrogen) atoms. The van der Waals surface area contributed by atoms with Crippen molar-refractivity contribution in [2.75, 3.05) is 6.61 Å². The van der Waals surface area contributed by atoms with Crippen LogP contribution in [0.3, 0.4) is 0 Å². The van der Waals surface area contributed by atoms with Gasteiger partial charge in [-0.1, -0.05) is 25.9 Å². The molecular weight excluding hydrogens is 358 g/mol. The van der Waals surface area contributed by atoms with Gasteiger partial charge in [-0.15, -0.1) is 0 Å². The van der Waals surface area contributed by atoms with Crippen LogP contribution >= 0.6 is 0 Å². The smallest absolute Gasteiger partial charge is 0.318 e. The number of hydrogen-bond acceptors (Lipinski definition) is 7. The highest BCUT2D eigenvalue weighted by Gasteiger charge is 2.57. The van der Waals surface area contributed by atoms with Crippen LogP contribution in [0.5, 0.6) is 0 Å². The van der Waals surface area contributed by atoms with E-state index in [4.69, 9.17) is 24.2 Å². The Morgan fingerprint density at radius 2 is 1.92 bits per heavy atom. The maximum Gasteiger partial charge on any atom is 0.318 e. The summed E-state index contributed by atoms with van der Waals surface area (Å²) in [4.78, 5) is 14.9. The molecule has 0 aromatic rings. The first kappa shape index (κ1) is 21.1. The minimum atomic E-state index is -2.08. The fourth-order valence-corrected chi connectivity index (χ4v) is 3.81. The normalized spacial score (nSPS) is 32.4. The summed E-state index contributed by atoms with van der Waals surface area (Å²) in [6, 6.07) is -1.14. The molecule has 2 rings (SSSR count). The van der Waals surface area contributed by atoms with E-state index in [9.17, 15) is 9.90 Å². The van der Waals surface area contributed by atoms with Crippen LogP contribution in [0.15, 0.2) is 5.11 Å². The van der Waals surface area contributed by atoms with Crippen LogP contribution < -0.4 is 0 Å². The lowest BCUT2D eigenvalue weighted by Crippen LogP contribution is -2.58. The Bertz CT molecular complexity index is 599. The third-order valence-corrected chi connectivity index (χ3v) is 9.77. The predicted octanol–water partition coefficient (Wildman–Crippen LogP) is 2.49. The molecule has 9 nitrogen and oxygen atoms in total. The molecule has 1 N–H and O–H groups in total. The van der Waals surface area contributed by atoms with Crippen molar-refractivity contribution >= 4 is 14.3 Å². The Balaban J connectivity index is 2.16. The molecule has 2 fully saturated rings. The zero-order valence-corrected chi connectivity index (χ0v) is 17.4. The van der Waals surface area contributed by atoms with Gasteiger partial charge in [-0.2, -0.15) is 0 Å². The molecule has 148 valence electrons. The van der Waals surface area contributed by atoms with Crippen LogP contribution in [0.1, 0.15) is 34.6 Å². The molecule has 0 aromatic carbocycles. The number of carbonyl (C=O) groups is 1. The summed E-state index contributed by atoms with van der Waals surface area (Å²) in [5, 5.41) is 14.1. The number of carbonyl (C=O) groups excluding carboxylic acids is 1. The van der Waals surface area contributed by atoms with E-state index < -0.39 is 50.5 Å². The number of fused-ring (bicyclic) bond motifs is 1. The molecule has 0 aromatic heterocycles. The Kier molecular flexibility index (Phi) is 5.77. The molecule has 2 aliphatic heterocycles. The van der Waals surface area contributed by atoms with Crippen LogP contribution in [-0.2, 0) is 23.4 Å². The summed E-state index contributed by atoms with van der Waals surface area (Å²) in [5.74, 6) is -1.72. The molecule has 0 aliphatic carbocycles. The van der Waals surface area contributed by atoms with E-state index in [0.717, 1.165) is 0 Å². The zero-order valence-electron chi connectivity index (χ0n) is 16.4. The van der Waals surface area contributed by atoms with Gasteiger partial charge in [0.15, 0.2) is 26.3 Å². The van der Waals surface area contributed by atoms with Crippen molar-refractivity contribution in [1.29, 1.82) is 0 Å². The fourth-order valence-electron chi connectivity index (χ4n) is 2.79. The average Bonchev–Trinajstić information content (AvgIpc) is 2.81. The van der Waals surface area contributed by atoms with Gasteiger partial charge in [0.25, 0.3) is 0 Å². The molecule has 0 spiro atoms. The van der Waals surface area contributed by atoms with Crippen molar-refractivity contribution < 1.29 is 28.5 Å². The van der Waals surface area contributed by atoms with Gasteiger partial charge >= 0.3 is 5.97 Å². The Morgan fingerprint density at radius 3 is 2.46 bits per heavy atom. The number of hydrogen-bond donors (Lipinski definition) is 1. The maximum absolute atomic E-state index is 12.2. The van der Waals surface area contributed by atoms with Crippen molar-refractivity contribution in [2.45, 2.75) is 89.0 Å². The summed E-state index contributed by atoms with van der Waals surface area (Å²) in [6.45, 7) is 13.9. The minimum Gasteiger partial charge on any atom is -0.456 e. The molecular formula is C16H29N3O6Si. The lowest BCUT2D eigenvalue weighted by atomic mass is 9.95. The average molecular weight is 388 g/mol. The van der Waals surface area contributed by atoms with E-state index in [-0.39, 0.29) is 11.6 Å². The number of aliphatic hydroxyl groups excluding tert-OH is 1. The van der Waals surface area contributed by atoms with Gasteiger partial charge in [-0.05, 0) is 37.5 Å². The van der Waals surface area contributed by atoms with Gasteiger partial charge in [0.05, 0.1) is 6.61 Å². The monoisotopic (exact) mass is 387 g/mol. The van der Waals surface area contributed by atoms with Crippen molar-refractivity contribution in [3.05, 3.63) is 10.4 Å². The number of azide groups is 1. The summed E-state index contributed by atoms with van der Waals surface area (Å²) in [5.41, 5.74) is 8.70.